The Bertz CT molecular complexity index is 757. The van der Waals surface area contributed by atoms with Gasteiger partial charge >= 0.3 is 0 Å². The fourth-order valence-electron chi connectivity index (χ4n) is 2.54. The van der Waals surface area contributed by atoms with Gasteiger partial charge in [0.15, 0.2) is 11.5 Å². The van der Waals surface area contributed by atoms with Crippen LogP contribution in [0, 0.1) is 0 Å². The lowest BCUT2D eigenvalue weighted by Crippen LogP contribution is -2.28. The first kappa shape index (κ1) is 21.4. The highest BCUT2D eigenvalue weighted by molar-refractivity contribution is 7.99. The molecule has 0 spiro atoms. The number of carbonyl (C=O) groups excluding carboxylic acids is 1. The van der Waals surface area contributed by atoms with Gasteiger partial charge in [0, 0.05) is 35.6 Å². The highest BCUT2D eigenvalue weighted by atomic mass is 35.5. The zero-order chi connectivity index (χ0) is 18.4. The number of hydrogen-bond donors (Lipinski definition) is 2. The van der Waals surface area contributed by atoms with Gasteiger partial charge in [-0.25, -0.2) is 0 Å². The van der Waals surface area contributed by atoms with E-state index in [1.54, 1.807) is 18.9 Å². The van der Waals surface area contributed by atoms with Gasteiger partial charge in [-0.15, -0.1) is 12.4 Å². The number of hydrogen-bond acceptors (Lipinski definition) is 6. The molecule has 0 aliphatic carbocycles. The Hall–Kier alpha value is -1.93. The van der Waals surface area contributed by atoms with Crippen molar-refractivity contribution in [1.29, 1.82) is 0 Å². The van der Waals surface area contributed by atoms with Crippen LogP contribution in [0.5, 0.6) is 11.5 Å². The minimum atomic E-state index is -0.308. The molecule has 1 atom stereocenters. The fraction of sp³-hybridized carbons (Fsp3) is 0.316. The average Bonchev–Trinajstić information content (AvgIpc) is 2.67. The smallest absolute Gasteiger partial charge is 0.227 e. The summed E-state index contributed by atoms with van der Waals surface area (Å²) in [4.78, 5) is 14.3. The van der Waals surface area contributed by atoms with Gasteiger partial charge in [-0.1, -0.05) is 30.0 Å². The van der Waals surface area contributed by atoms with Crippen molar-refractivity contribution >= 4 is 35.8 Å². The van der Waals surface area contributed by atoms with Crippen LogP contribution in [0.3, 0.4) is 0 Å². The molecule has 0 saturated heterocycles. The summed E-state index contributed by atoms with van der Waals surface area (Å²) in [5, 5.41) is 2.95. The first-order chi connectivity index (χ1) is 12.7. The van der Waals surface area contributed by atoms with Crippen LogP contribution in [0.25, 0.3) is 0 Å². The van der Waals surface area contributed by atoms with Crippen molar-refractivity contribution in [3.05, 3.63) is 42.5 Å². The molecule has 0 saturated carbocycles. The SMILES string of the molecule is COC(CN)CC(=O)Nc1cc2c(cc1Sc1ccccc1)OCCO2.Cl. The quantitative estimate of drug-likeness (QED) is 0.728. The monoisotopic (exact) mass is 410 g/mol. The second-order valence-electron chi connectivity index (χ2n) is 5.75. The maximum atomic E-state index is 12.4. The average molecular weight is 411 g/mol. The molecule has 1 amide bonds. The van der Waals surface area contributed by atoms with E-state index in [2.05, 4.69) is 5.32 Å². The van der Waals surface area contributed by atoms with Crippen LogP contribution in [0.4, 0.5) is 5.69 Å². The Morgan fingerprint density at radius 3 is 2.52 bits per heavy atom. The van der Waals surface area contributed by atoms with E-state index in [4.69, 9.17) is 19.9 Å². The number of benzene rings is 2. The van der Waals surface area contributed by atoms with E-state index >= 15 is 0 Å². The summed E-state index contributed by atoms with van der Waals surface area (Å²) in [6.45, 7) is 1.29. The third-order valence-corrected chi connectivity index (χ3v) is 4.96. The molecule has 146 valence electrons. The summed E-state index contributed by atoms with van der Waals surface area (Å²) in [5.74, 6) is 1.16. The molecule has 27 heavy (non-hydrogen) atoms. The van der Waals surface area contributed by atoms with E-state index in [1.807, 2.05) is 42.5 Å². The highest BCUT2D eigenvalue weighted by Gasteiger charge is 2.19. The maximum Gasteiger partial charge on any atom is 0.227 e. The Morgan fingerprint density at radius 2 is 1.89 bits per heavy atom. The molecule has 2 aromatic carbocycles. The molecule has 0 fully saturated rings. The number of ether oxygens (including phenoxy) is 3. The first-order valence-corrected chi connectivity index (χ1v) is 9.20. The Kier molecular flexibility index (Phi) is 8.24. The minimum Gasteiger partial charge on any atom is -0.486 e. The number of rotatable bonds is 7. The lowest BCUT2D eigenvalue weighted by atomic mass is 10.2. The number of nitrogens with two attached hydrogens (primary N) is 1. The molecule has 0 aromatic heterocycles. The number of anilines is 1. The van der Waals surface area contributed by atoms with Crippen molar-refractivity contribution < 1.29 is 19.0 Å². The van der Waals surface area contributed by atoms with Crippen LogP contribution in [-0.2, 0) is 9.53 Å². The lowest BCUT2D eigenvalue weighted by molar-refractivity contribution is -0.118. The van der Waals surface area contributed by atoms with Gasteiger partial charge in [0.1, 0.15) is 13.2 Å². The molecule has 1 aliphatic heterocycles. The molecule has 1 unspecified atom stereocenters. The van der Waals surface area contributed by atoms with E-state index in [9.17, 15) is 4.79 Å². The first-order valence-electron chi connectivity index (χ1n) is 8.39. The van der Waals surface area contributed by atoms with E-state index in [0.29, 0.717) is 30.4 Å². The summed E-state index contributed by atoms with van der Waals surface area (Å²) in [7, 11) is 1.55. The number of methoxy groups -OCH3 is 1. The number of carbonyl (C=O) groups is 1. The van der Waals surface area contributed by atoms with Crippen molar-refractivity contribution in [2.75, 3.05) is 32.2 Å². The largest absolute Gasteiger partial charge is 0.486 e. The van der Waals surface area contributed by atoms with Crippen molar-refractivity contribution in [2.45, 2.75) is 22.3 Å². The second kappa shape index (κ2) is 10.4. The topological polar surface area (TPSA) is 82.8 Å². The van der Waals surface area contributed by atoms with Crippen LogP contribution in [-0.4, -0.2) is 38.9 Å². The van der Waals surface area contributed by atoms with Crippen molar-refractivity contribution in [3.8, 4) is 11.5 Å². The summed E-state index contributed by atoms with van der Waals surface area (Å²) in [6.07, 6.45) is -0.117. The zero-order valence-corrected chi connectivity index (χ0v) is 16.6. The third-order valence-electron chi connectivity index (χ3n) is 3.90. The van der Waals surface area contributed by atoms with Gasteiger partial charge in [0.2, 0.25) is 5.91 Å². The predicted molar refractivity (Wildman–Crippen MR) is 108 cm³/mol. The molecule has 1 aliphatic rings. The number of halogens is 1. The number of fused-ring (bicyclic) bond motifs is 1. The molecule has 1 heterocycles. The Morgan fingerprint density at radius 1 is 1.22 bits per heavy atom. The van der Waals surface area contributed by atoms with Crippen LogP contribution >= 0.6 is 24.2 Å². The van der Waals surface area contributed by atoms with Gasteiger partial charge in [0.05, 0.1) is 18.2 Å². The summed E-state index contributed by atoms with van der Waals surface area (Å²) < 4.78 is 16.5. The minimum absolute atomic E-state index is 0. The van der Waals surface area contributed by atoms with Gasteiger partial charge in [-0.05, 0) is 12.1 Å². The zero-order valence-electron chi connectivity index (χ0n) is 15.0. The van der Waals surface area contributed by atoms with Crippen LogP contribution < -0.4 is 20.5 Å². The fourth-order valence-corrected chi connectivity index (χ4v) is 3.47. The molecule has 3 rings (SSSR count). The van der Waals surface area contributed by atoms with Crippen LogP contribution in [0.1, 0.15) is 6.42 Å². The van der Waals surface area contributed by atoms with E-state index in [-0.39, 0.29) is 37.4 Å². The van der Waals surface area contributed by atoms with E-state index in [1.165, 1.54) is 0 Å². The van der Waals surface area contributed by atoms with Crippen molar-refractivity contribution in [1.82, 2.24) is 0 Å². The van der Waals surface area contributed by atoms with Crippen molar-refractivity contribution in [3.63, 3.8) is 0 Å². The summed E-state index contributed by atoms with van der Waals surface area (Å²) >= 11 is 1.55. The lowest BCUT2D eigenvalue weighted by Gasteiger charge is -2.21. The van der Waals surface area contributed by atoms with Gasteiger partial charge < -0.3 is 25.3 Å². The molecule has 0 bridgehead atoms. The normalized spacial score (nSPS) is 13.4. The molecular formula is C19H23ClN2O4S. The molecular weight excluding hydrogens is 388 g/mol. The Labute approximate surface area is 169 Å². The predicted octanol–water partition coefficient (Wildman–Crippen LogP) is 3.33. The van der Waals surface area contributed by atoms with Crippen molar-refractivity contribution in [2.24, 2.45) is 5.73 Å². The number of nitrogens with one attached hydrogen (secondary N) is 1. The highest BCUT2D eigenvalue weighted by Crippen LogP contribution is 2.42. The second-order valence-corrected chi connectivity index (χ2v) is 6.87. The summed E-state index contributed by atoms with van der Waals surface area (Å²) in [6, 6.07) is 13.7. The molecule has 0 radical (unpaired) electrons. The molecule has 2 aromatic rings. The van der Waals surface area contributed by atoms with Gasteiger partial charge in [0.25, 0.3) is 0 Å². The third kappa shape index (κ3) is 5.77. The van der Waals surface area contributed by atoms with E-state index < -0.39 is 0 Å². The molecule has 8 heteroatoms. The maximum absolute atomic E-state index is 12.4. The van der Waals surface area contributed by atoms with Gasteiger partial charge in [-0.2, -0.15) is 0 Å². The standard InChI is InChI=1S/C19H22N2O4S.ClH/c1-23-13(12-20)9-19(22)21-15-10-16-17(25-8-7-24-16)11-18(15)26-14-5-3-2-4-6-14;/h2-6,10-11,13H,7-9,12,20H2,1H3,(H,21,22);1H. The number of amides is 1. The van der Waals surface area contributed by atoms with Gasteiger partial charge in [-0.3, -0.25) is 4.79 Å². The molecule has 3 N–H and O–H groups in total. The Balaban J connectivity index is 0.00000261. The summed E-state index contributed by atoms with van der Waals surface area (Å²) in [5.41, 5.74) is 6.28. The van der Waals surface area contributed by atoms with Crippen LogP contribution in [0.15, 0.2) is 52.3 Å². The van der Waals surface area contributed by atoms with E-state index in [0.717, 1.165) is 9.79 Å². The molecule has 6 nitrogen and oxygen atoms in total. The van der Waals surface area contributed by atoms with Crippen LogP contribution in [0.2, 0.25) is 0 Å².